The van der Waals surface area contributed by atoms with E-state index < -0.39 is 0 Å². The first-order chi connectivity index (χ1) is 9.19. The fraction of sp³-hybridized carbons (Fsp3) is 0.250. The van der Waals surface area contributed by atoms with Crippen LogP contribution in [0.2, 0.25) is 0 Å². The van der Waals surface area contributed by atoms with Gasteiger partial charge in [0.25, 0.3) is 5.91 Å². The number of nitrogen functional groups attached to an aromatic ring is 1. The van der Waals surface area contributed by atoms with Crippen LogP contribution >= 0.6 is 11.3 Å². The van der Waals surface area contributed by atoms with Gasteiger partial charge in [-0.3, -0.25) is 4.79 Å². The standard InChI is InChI=1S/C12H15N5OS/c1-8(4-9-2-3-19-7-9)16-12(18)10-5-15-11(17-13)6-14-10/h2-3,5-8H,4,13H2,1H3,(H,15,17)(H,16,18). The number of nitrogens with one attached hydrogen (secondary N) is 2. The van der Waals surface area contributed by atoms with Crippen molar-refractivity contribution in [1.29, 1.82) is 0 Å². The Morgan fingerprint density at radius 3 is 2.89 bits per heavy atom. The maximum Gasteiger partial charge on any atom is 0.271 e. The molecule has 2 heterocycles. The molecular weight excluding hydrogens is 262 g/mol. The van der Waals surface area contributed by atoms with E-state index >= 15 is 0 Å². The summed E-state index contributed by atoms with van der Waals surface area (Å²) in [6.45, 7) is 1.96. The van der Waals surface area contributed by atoms with Crippen LogP contribution in [0.15, 0.2) is 29.2 Å². The second-order valence-corrected chi connectivity index (χ2v) is 4.92. The van der Waals surface area contributed by atoms with E-state index in [9.17, 15) is 4.79 Å². The molecule has 0 aliphatic carbocycles. The lowest BCUT2D eigenvalue weighted by atomic mass is 10.1. The van der Waals surface area contributed by atoms with Gasteiger partial charge in [-0.05, 0) is 35.7 Å². The van der Waals surface area contributed by atoms with Gasteiger partial charge in [-0.2, -0.15) is 11.3 Å². The number of carbonyl (C=O) groups excluding carboxylic acids is 1. The highest BCUT2D eigenvalue weighted by molar-refractivity contribution is 7.07. The fourth-order valence-corrected chi connectivity index (χ4v) is 2.31. The molecule has 0 spiro atoms. The Morgan fingerprint density at radius 2 is 2.32 bits per heavy atom. The summed E-state index contributed by atoms with van der Waals surface area (Å²) in [5.41, 5.74) is 3.85. The Labute approximate surface area is 115 Å². The van der Waals surface area contributed by atoms with Crippen molar-refractivity contribution in [3.8, 4) is 0 Å². The Hall–Kier alpha value is -1.99. The predicted octanol–water partition coefficient (Wildman–Crippen LogP) is 1.18. The number of hydrogen-bond acceptors (Lipinski definition) is 6. The minimum atomic E-state index is -0.237. The molecule has 6 nitrogen and oxygen atoms in total. The normalized spacial score (nSPS) is 11.9. The van der Waals surface area contributed by atoms with E-state index in [0.717, 1.165) is 6.42 Å². The number of hydrazine groups is 1. The predicted molar refractivity (Wildman–Crippen MR) is 74.8 cm³/mol. The van der Waals surface area contributed by atoms with Gasteiger partial charge in [0.1, 0.15) is 5.69 Å². The quantitative estimate of drug-likeness (QED) is 0.564. The first-order valence-electron chi connectivity index (χ1n) is 5.79. The minimum Gasteiger partial charge on any atom is -0.348 e. The summed E-state index contributed by atoms with van der Waals surface area (Å²) < 4.78 is 0. The van der Waals surface area contributed by atoms with Gasteiger partial charge in [-0.25, -0.2) is 15.8 Å². The van der Waals surface area contributed by atoms with E-state index in [4.69, 9.17) is 5.84 Å². The Morgan fingerprint density at radius 1 is 1.47 bits per heavy atom. The van der Waals surface area contributed by atoms with Crippen molar-refractivity contribution in [3.63, 3.8) is 0 Å². The molecule has 1 amide bonds. The van der Waals surface area contributed by atoms with Gasteiger partial charge < -0.3 is 10.7 Å². The average Bonchev–Trinajstić information content (AvgIpc) is 2.91. The number of nitrogens with two attached hydrogens (primary N) is 1. The molecule has 0 aliphatic heterocycles. The van der Waals surface area contributed by atoms with Crippen LogP contribution in [0.25, 0.3) is 0 Å². The molecule has 2 aromatic heterocycles. The molecule has 0 radical (unpaired) electrons. The molecule has 100 valence electrons. The SMILES string of the molecule is CC(Cc1ccsc1)NC(=O)c1cnc(NN)cn1. The highest BCUT2D eigenvalue weighted by atomic mass is 32.1. The molecule has 0 saturated carbocycles. The molecule has 1 atom stereocenters. The van der Waals surface area contributed by atoms with Crippen LogP contribution in [0, 0.1) is 0 Å². The fourth-order valence-electron chi connectivity index (χ4n) is 1.63. The van der Waals surface area contributed by atoms with E-state index in [-0.39, 0.29) is 17.6 Å². The lowest BCUT2D eigenvalue weighted by molar-refractivity contribution is 0.0934. The number of thiophene rings is 1. The molecule has 0 aliphatic rings. The van der Waals surface area contributed by atoms with Gasteiger partial charge >= 0.3 is 0 Å². The van der Waals surface area contributed by atoms with Gasteiger partial charge in [0.15, 0.2) is 5.82 Å². The third-order valence-electron chi connectivity index (χ3n) is 2.53. The number of nitrogens with zero attached hydrogens (tertiary/aromatic N) is 2. The molecule has 2 rings (SSSR count). The summed E-state index contributed by atoms with van der Waals surface area (Å²) in [4.78, 5) is 19.8. The maximum absolute atomic E-state index is 11.9. The summed E-state index contributed by atoms with van der Waals surface area (Å²) >= 11 is 1.65. The van der Waals surface area contributed by atoms with E-state index in [2.05, 4.69) is 32.2 Å². The van der Waals surface area contributed by atoms with E-state index in [1.165, 1.54) is 18.0 Å². The smallest absolute Gasteiger partial charge is 0.271 e. The number of aromatic nitrogens is 2. The van der Waals surface area contributed by atoms with Crippen LogP contribution in [0.1, 0.15) is 23.0 Å². The van der Waals surface area contributed by atoms with Crippen LogP contribution in [0.4, 0.5) is 5.82 Å². The van der Waals surface area contributed by atoms with Crippen molar-refractivity contribution < 1.29 is 4.79 Å². The van der Waals surface area contributed by atoms with Gasteiger partial charge in [-0.1, -0.05) is 0 Å². The molecule has 0 fully saturated rings. The van der Waals surface area contributed by atoms with Crippen LogP contribution in [-0.2, 0) is 6.42 Å². The molecule has 0 saturated heterocycles. The topological polar surface area (TPSA) is 92.9 Å². The molecule has 2 aromatic rings. The van der Waals surface area contributed by atoms with E-state index in [1.807, 2.05) is 12.3 Å². The summed E-state index contributed by atoms with van der Waals surface area (Å²) in [5.74, 6) is 5.36. The highest BCUT2D eigenvalue weighted by Gasteiger charge is 2.12. The van der Waals surface area contributed by atoms with Gasteiger partial charge in [0, 0.05) is 6.04 Å². The third kappa shape index (κ3) is 3.73. The number of amides is 1. The lowest BCUT2D eigenvalue weighted by Gasteiger charge is -2.12. The van der Waals surface area contributed by atoms with Crippen LogP contribution in [-0.4, -0.2) is 21.9 Å². The van der Waals surface area contributed by atoms with Crippen molar-refractivity contribution in [2.24, 2.45) is 5.84 Å². The summed E-state index contributed by atoms with van der Waals surface area (Å²) in [7, 11) is 0. The third-order valence-corrected chi connectivity index (χ3v) is 3.26. The molecule has 4 N–H and O–H groups in total. The first kappa shape index (κ1) is 13.4. The number of hydrogen-bond donors (Lipinski definition) is 3. The zero-order valence-corrected chi connectivity index (χ0v) is 11.3. The van der Waals surface area contributed by atoms with Gasteiger partial charge in [0.05, 0.1) is 12.4 Å². The maximum atomic E-state index is 11.9. The zero-order valence-electron chi connectivity index (χ0n) is 10.5. The van der Waals surface area contributed by atoms with Crippen molar-refractivity contribution in [1.82, 2.24) is 15.3 Å². The first-order valence-corrected chi connectivity index (χ1v) is 6.74. The van der Waals surface area contributed by atoms with Crippen molar-refractivity contribution in [3.05, 3.63) is 40.5 Å². The van der Waals surface area contributed by atoms with E-state index in [1.54, 1.807) is 11.3 Å². The molecule has 1 unspecified atom stereocenters. The Kier molecular flexibility index (Phi) is 4.43. The summed E-state index contributed by atoms with van der Waals surface area (Å²) in [6.07, 6.45) is 3.60. The molecule has 7 heteroatoms. The average molecular weight is 277 g/mol. The summed E-state index contributed by atoms with van der Waals surface area (Å²) in [5, 5.41) is 6.98. The summed E-state index contributed by atoms with van der Waals surface area (Å²) in [6, 6.07) is 2.09. The molecular formula is C12H15N5OS. The van der Waals surface area contributed by atoms with Crippen molar-refractivity contribution in [2.75, 3.05) is 5.43 Å². The number of carbonyl (C=O) groups is 1. The highest BCUT2D eigenvalue weighted by Crippen LogP contribution is 2.09. The Balaban J connectivity index is 1.92. The monoisotopic (exact) mass is 277 g/mol. The van der Waals surface area contributed by atoms with Gasteiger partial charge in [0.2, 0.25) is 0 Å². The number of rotatable bonds is 5. The molecule has 0 bridgehead atoms. The van der Waals surface area contributed by atoms with Gasteiger partial charge in [-0.15, -0.1) is 0 Å². The van der Waals surface area contributed by atoms with Crippen LogP contribution < -0.4 is 16.6 Å². The zero-order chi connectivity index (χ0) is 13.7. The second kappa shape index (κ2) is 6.26. The number of anilines is 1. The van der Waals surface area contributed by atoms with Crippen LogP contribution in [0.3, 0.4) is 0 Å². The lowest BCUT2D eigenvalue weighted by Crippen LogP contribution is -2.34. The van der Waals surface area contributed by atoms with Crippen molar-refractivity contribution >= 4 is 23.1 Å². The van der Waals surface area contributed by atoms with E-state index in [0.29, 0.717) is 5.82 Å². The van der Waals surface area contributed by atoms with Crippen molar-refractivity contribution in [2.45, 2.75) is 19.4 Å². The molecule has 0 aromatic carbocycles. The Bertz CT molecular complexity index is 526. The largest absolute Gasteiger partial charge is 0.348 e. The van der Waals surface area contributed by atoms with Crippen LogP contribution in [0.5, 0.6) is 0 Å². The molecule has 19 heavy (non-hydrogen) atoms. The minimum absolute atomic E-state index is 0.0382. The second-order valence-electron chi connectivity index (χ2n) is 4.14.